The van der Waals surface area contributed by atoms with Gasteiger partial charge in [-0.25, -0.2) is 0 Å². The van der Waals surface area contributed by atoms with E-state index >= 15 is 0 Å². The van der Waals surface area contributed by atoms with Crippen LogP contribution in [0.1, 0.15) is 282 Å². The summed E-state index contributed by atoms with van der Waals surface area (Å²) in [6.07, 6.45) is 23.3. The molecule has 0 heterocycles. The summed E-state index contributed by atoms with van der Waals surface area (Å²) < 4.78 is 20.5. The van der Waals surface area contributed by atoms with Gasteiger partial charge in [0.15, 0.2) is 6.29 Å². The molecule has 9 nitrogen and oxygen atoms in total. The van der Waals surface area contributed by atoms with Crippen molar-refractivity contribution in [3.05, 3.63) is 0 Å². The molecule has 0 aromatic carbocycles. The smallest absolute Gasteiger partial charge is 0.156 e. The van der Waals surface area contributed by atoms with Crippen LogP contribution in [0.4, 0.5) is 0 Å². The van der Waals surface area contributed by atoms with Crippen molar-refractivity contribution in [1.82, 2.24) is 4.90 Å². The van der Waals surface area contributed by atoms with Crippen molar-refractivity contribution in [2.75, 3.05) is 80.1 Å². The predicted molar refractivity (Wildman–Crippen MR) is 334 cm³/mol. The fourth-order valence-corrected chi connectivity index (χ4v) is 6.42. The summed E-state index contributed by atoms with van der Waals surface area (Å²) in [6.45, 7) is 55.3. The molecule has 0 aromatic heterocycles. The first kappa shape index (κ1) is 93.0. The molecule has 0 aliphatic rings. The van der Waals surface area contributed by atoms with Crippen molar-refractivity contribution in [1.29, 1.82) is 0 Å². The van der Waals surface area contributed by atoms with Crippen LogP contribution in [0, 0.1) is 53.3 Å². The molecule has 0 aliphatic heterocycles. The molecular formula is C65H149NO8. The fraction of sp³-hybridized carbons (Fsp3) is 1.00. The largest absolute Gasteiger partial charge is 0.396 e. The minimum Gasteiger partial charge on any atom is -0.396 e. The molecule has 0 aromatic rings. The van der Waals surface area contributed by atoms with Crippen LogP contribution in [0.15, 0.2) is 0 Å². The molecule has 9 heteroatoms. The van der Waals surface area contributed by atoms with E-state index in [0.29, 0.717) is 36.9 Å². The highest BCUT2D eigenvalue weighted by Crippen LogP contribution is 2.13. The summed E-state index contributed by atoms with van der Waals surface area (Å²) >= 11 is 0. The second-order valence-electron chi connectivity index (χ2n) is 23.4. The summed E-state index contributed by atoms with van der Waals surface area (Å²) in [7, 11) is 3.37. The molecule has 0 saturated carbocycles. The van der Waals surface area contributed by atoms with Gasteiger partial charge in [0.25, 0.3) is 0 Å². The van der Waals surface area contributed by atoms with Gasteiger partial charge in [-0.05, 0) is 124 Å². The van der Waals surface area contributed by atoms with Crippen molar-refractivity contribution >= 4 is 0 Å². The summed E-state index contributed by atoms with van der Waals surface area (Å²) in [5.41, 5.74) is 0. The first-order valence-electron chi connectivity index (χ1n) is 30.8. The van der Waals surface area contributed by atoms with Crippen LogP contribution in [0.5, 0.6) is 0 Å². The maximum atomic E-state index is 9.03. The average molecular weight is 1070 g/mol. The predicted octanol–water partition coefficient (Wildman–Crippen LogP) is 18.2. The molecule has 74 heavy (non-hydrogen) atoms. The third kappa shape index (κ3) is 111. The summed E-state index contributed by atoms with van der Waals surface area (Å²) in [5, 5.41) is 34.8. The number of aliphatic hydroxyl groups is 4. The maximum Gasteiger partial charge on any atom is 0.156 e. The van der Waals surface area contributed by atoms with Crippen LogP contribution >= 0.6 is 0 Å². The lowest BCUT2D eigenvalue weighted by Gasteiger charge is -2.21. The molecule has 2 atom stereocenters. The monoisotopic (exact) mass is 1070 g/mol. The maximum absolute atomic E-state index is 9.03. The van der Waals surface area contributed by atoms with Gasteiger partial charge in [-0.2, -0.15) is 0 Å². The van der Waals surface area contributed by atoms with E-state index in [9.17, 15) is 0 Å². The number of methoxy groups -OCH3 is 2. The van der Waals surface area contributed by atoms with E-state index in [4.69, 9.17) is 39.4 Å². The third-order valence-corrected chi connectivity index (χ3v) is 11.7. The fourth-order valence-electron chi connectivity index (χ4n) is 6.42. The molecule has 0 aliphatic carbocycles. The molecule has 0 rings (SSSR count). The zero-order chi connectivity index (χ0) is 58.3. The molecule has 2 unspecified atom stereocenters. The second-order valence-corrected chi connectivity index (χ2v) is 23.4. The Labute approximate surface area is 470 Å². The zero-order valence-electron chi connectivity index (χ0n) is 54.7. The van der Waals surface area contributed by atoms with Gasteiger partial charge in [0.05, 0.1) is 25.9 Å². The zero-order valence-corrected chi connectivity index (χ0v) is 54.7. The Hall–Kier alpha value is -0.360. The highest BCUT2D eigenvalue weighted by atomic mass is 16.7. The Bertz CT molecular complexity index is 819. The van der Waals surface area contributed by atoms with E-state index in [1.165, 1.54) is 83.5 Å². The number of ether oxygens (including phenoxy) is 4. The highest BCUT2D eigenvalue weighted by Gasteiger charge is 2.08. The van der Waals surface area contributed by atoms with Crippen LogP contribution in [0.2, 0.25) is 0 Å². The minimum atomic E-state index is -0.0741. The molecular weight excluding hydrogens is 923 g/mol. The van der Waals surface area contributed by atoms with Crippen LogP contribution in [0.25, 0.3) is 0 Å². The van der Waals surface area contributed by atoms with Gasteiger partial charge in [0, 0.05) is 47.2 Å². The van der Waals surface area contributed by atoms with E-state index in [2.05, 4.69) is 150 Å². The number of nitrogens with zero attached hydrogens (tertiary/aromatic N) is 1. The van der Waals surface area contributed by atoms with Crippen molar-refractivity contribution in [3.8, 4) is 0 Å². The van der Waals surface area contributed by atoms with Crippen LogP contribution in [-0.2, 0) is 18.9 Å². The first-order chi connectivity index (χ1) is 34.4. The molecule has 0 saturated heterocycles. The summed E-state index contributed by atoms with van der Waals surface area (Å²) in [5.74, 6) is 6.60. The van der Waals surface area contributed by atoms with Gasteiger partial charge in [-0.1, -0.05) is 224 Å². The first-order valence-corrected chi connectivity index (χ1v) is 30.8. The Morgan fingerprint density at radius 3 is 1.12 bits per heavy atom. The lowest BCUT2D eigenvalue weighted by molar-refractivity contribution is -0.107. The van der Waals surface area contributed by atoms with Crippen molar-refractivity contribution < 1.29 is 39.4 Å². The van der Waals surface area contributed by atoms with Gasteiger partial charge in [0.2, 0.25) is 0 Å². The molecule has 0 bridgehead atoms. The number of aliphatic hydroxyl groups excluding tert-OH is 4. The lowest BCUT2D eigenvalue weighted by Crippen LogP contribution is -2.29. The van der Waals surface area contributed by atoms with Crippen LogP contribution in [-0.4, -0.2) is 118 Å². The molecule has 0 spiro atoms. The Morgan fingerprint density at radius 1 is 0.392 bits per heavy atom. The van der Waals surface area contributed by atoms with Gasteiger partial charge < -0.3 is 44.3 Å². The molecule has 0 fully saturated rings. The normalized spacial score (nSPS) is 11.6. The summed E-state index contributed by atoms with van der Waals surface area (Å²) in [6, 6.07) is 0. The van der Waals surface area contributed by atoms with Crippen LogP contribution in [0.3, 0.4) is 0 Å². The highest BCUT2D eigenvalue weighted by molar-refractivity contribution is 4.59. The van der Waals surface area contributed by atoms with Crippen molar-refractivity contribution in [3.63, 3.8) is 0 Å². The Kier molecular flexibility index (Phi) is 99.4. The van der Waals surface area contributed by atoms with Gasteiger partial charge in [-0.3, -0.25) is 0 Å². The number of hydrogen-bond donors (Lipinski definition) is 4. The lowest BCUT2D eigenvalue weighted by atomic mass is 9.95. The molecule has 4 N–H and O–H groups in total. The van der Waals surface area contributed by atoms with Crippen LogP contribution < -0.4 is 0 Å². The van der Waals surface area contributed by atoms with E-state index in [1.54, 1.807) is 14.2 Å². The number of unbranched alkanes of at least 4 members (excludes halogenated alkanes) is 4. The van der Waals surface area contributed by atoms with E-state index in [0.717, 1.165) is 108 Å². The number of hydrogen-bond acceptors (Lipinski definition) is 9. The Balaban J connectivity index is -0.0000000935. The molecule has 462 valence electrons. The van der Waals surface area contributed by atoms with E-state index < -0.39 is 0 Å². The third-order valence-electron chi connectivity index (χ3n) is 11.7. The van der Waals surface area contributed by atoms with Gasteiger partial charge in [0.1, 0.15) is 0 Å². The number of rotatable bonds is 37. The SMILES string of the molecule is C.CC(C)CCOCCO.CCC(CO)C(C)C.CCC(O)CC(C)C.CCCCC(C)C.CCCCCCC(C)C.CCCN(CCO)CCC(C)C.CCCOCCC(C)C.COC(CCCC(C)C)OC. The standard InChI is InChI=1S/C10H23NO.C9H20O2.C9H20.C8H18O.C7H16O2.2C7H16O.C7H16.CH4/c1-4-6-11(8-9-12)7-5-10(2)3;1-8(2)6-5-7-9(10-3)11-4;1-4-5-6-7-8-9(2)3;1-4-6-9-7-5-8(2)3;1-7(2)3-5-9-6-4-8;1-4-7(5-8)6(2)3;1-4-7(8)5-6(2)3;1-4-5-6-7(2)3;/h10,12H,4-9H2,1-3H3;8-9H,5-7H2,1-4H3;9H,4-8H2,1-3H3;8H,4-7H2,1-3H3;7-8H,3-6H2,1-2H3;2*6-8H,4-5H2,1-3H3;7H,4-6H2,1-3H3;1H4. The second kappa shape index (κ2) is 79.1. The molecule has 0 radical (unpaired) electrons. The van der Waals surface area contributed by atoms with Crippen molar-refractivity contribution in [2.45, 2.75) is 294 Å². The van der Waals surface area contributed by atoms with Gasteiger partial charge >= 0.3 is 0 Å². The van der Waals surface area contributed by atoms with Gasteiger partial charge in [-0.15, -0.1) is 0 Å². The average Bonchev–Trinajstić information content (AvgIpc) is 3.32. The van der Waals surface area contributed by atoms with E-state index in [1.807, 2.05) is 6.92 Å². The van der Waals surface area contributed by atoms with E-state index in [-0.39, 0.29) is 33.0 Å². The Morgan fingerprint density at radius 2 is 0.838 bits per heavy atom. The summed E-state index contributed by atoms with van der Waals surface area (Å²) in [4.78, 5) is 2.33. The quantitative estimate of drug-likeness (QED) is 0.0356. The molecule has 0 amide bonds. The minimum absolute atomic E-state index is 0. The van der Waals surface area contributed by atoms with Crippen molar-refractivity contribution in [2.24, 2.45) is 53.3 Å². The topological polar surface area (TPSA) is 121 Å².